The minimum Gasteiger partial charge on any atom is -0.493 e. The summed E-state index contributed by atoms with van der Waals surface area (Å²) in [4.78, 5) is 34.0. The van der Waals surface area contributed by atoms with Crippen LogP contribution in [0, 0.1) is 5.82 Å². The van der Waals surface area contributed by atoms with Gasteiger partial charge in [0.1, 0.15) is 6.10 Å². The number of imidazole rings is 1. The summed E-state index contributed by atoms with van der Waals surface area (Å²) in [6.07, 6.45) is 1.64. The summed E-state index contributed by atoms with van der Waals surface area (Å²) in [5.41, 5.74) is 6.62. The Bertz CT molecular complexity index is 1970. The fourth-order valence-corrected chi connectivity index (χ4v) is 7.69. The Morgan fingerprint density at radius 3 is 2.67 bits per heavy atom. The summed E-state index contributed by atoms with van der Waals surface area (Å²) in [5, 5.41) is 6.31. The van der Waals surface area contributed by atoms with E-state index in [0.717, 1.165) is 46.6 Å². The average molecular weight is 708 g/mol. The van der Waals surface area contributed by atoms with E-state index in [4.69, 9.17) is 32.7 Å². The number of nitrogens with one attached hydrogen (secondary N) is 2. The number of halogens is 3. The fourth-order valence-electron chi connectivity index (χ4n) is 7.16. The highest BCUT2D eigenvalue weighted by Crippen LogP contribution is 2.46. The van der Waals surface area contributed by atoms with Crippen LogP contribution in [0.5, 0.6) is 11.5 Å². The van der Waals surface area contributed by atoms with Gasteiger partial charge in [-0.3, -0.25) is 14.5 Å². The van der Waals surface area contributed by atoms with E-state index in [9.17, 15) is 9.59 Å². The molecule has 10 nitrogen and oxygen atoms in total. The zero-order chi connectivity index (χ0) is 34.4. The van der Waals surface area contributed by atoms with Gasteiger partial charge in [-0.25, -0.2) is 4.98 Å². The topological polar surface area (TPSA) is 101 Å². The maximum absolute atomic E-state index is 15.9. The predicted molar refractivity (Wildman–Crippen MR) is 186 cm³/mol. The number of nitrogens with zero attached hydrogens (tertiary/aromatic N) is 4. The second-order valence-electron chi connectivity index (χ2n) is 12.8. The summed E-state index contributed by atoms with van der Waals surface area (Å²) < 4.78 is 29.6. The maximum atomic E-state index is 15.9. The molecule has 4 aromatic rings. The van der Waals surface area contributed by atoms with Crippen LogP contribution in [0.25, 0.3) is 11.1 Å². The van der Waals surface area contributed by atoms with E-state index in [0.29, 0.717) is 61.1 Å². The number of aromatic nitrogens is 2. The van der Waals surface area contributed by atoms with Gasteiger partial charge in [-0.2, -0.15) is 4.39 Å². The van der Waals surface area contributed by atoms with Crippen molar-refractivity contribution in [3.63, 3.8) is 0 Å². The highest BCUT2D eigenvalue weighted by Gasteiger charge is 2.31. The molecule has 2 amide bonds. The first-order valence-corrected chi connectivity index (χ1v) is 17.0. The van der Waals surface area contributed by atoms with E-state index in [1.807, 2.05) is 53.9 Å². The van der Waals surface area contributed by atoms with E-state index in [1.165, 1.54) is 7.11 Å². The molecule has 0 spiro atoms. The number of hydrogen-bond acceptors (Lipinski definition) is 7. The lowest BCUT2D eigenvalue weighted by molar-refractivity contribution is -0.124. The zero-order valence-electron chi connectivity index (χ0n) is 27.5. The summed E-state index contributed by atoms with van der Waals surface area (Å²) >= 11 is 13.6. The van der Waals surface area contributed by atoms with E-state index < -0.39 is 11.9 Å². The van der Waals surface area contributed by atoms with Gasteiger partial charge in [0, 0.05) is 63.0 Å². The monoisotopic (exact) mass is 706 g/mol. The molecule has 1 atom stereocenters. The molecule has 1 unspecified atom stereocenters. The maximum Gasteiger partial charge on any atom is 0.291 e. The minimum absolute atomic E-state index is 0.0426. The first-order valence-electron chi connectivity index (χ1n) is 16.3. The van der Waals surface area contributed by atoms with Crippen molar-refractivity contribution in [2.75, 3.05) is 45.7 Å². The van der Waals surface area contributed by atoms with Gasteiger partial charge in [-0.05, 0) is 48.7 Å². The van der Waals surface area contributed by atoms with Gasteiger partial charge in [0.25, 0.3) is 5.91 Å². The largest absolute Gasteiger partial charge is 0.493 e. The van der Waals surface area contributed by atoms with Crippen molar-refractivity contribution in [3.8, 4) is 22.6 Å². The number of rotatable bonds is 8. The number of carbonyl (C=O) groups excluding carboxylic acids is 2. The molecule has 3 aliphatic rings. The number of carbonyl (C=O) groups is 2. The Labute approximate surface area is 294 Å². The number of piperazine rings is 1. The van der Waals surface area contributed by atoms with Crippen LogP contribution in [0.4, 0.5) is 10.1 Å². The van der Waals surface area contributed by atoms with Crippen molar-refractivity contribution >= 4 is 40.7 Å². The first-order chi connectivity index (χ1) is 23.6. The van der Waals surface area contributed by atoms with Crippen LogP contribution in [0.15, 0.2) is 42.5 Å². The van der Waals surface area contributed by atoms with E-state index in [-0.39, 0.29) is 34.9 Å². The number of methoxy groups -OCH3 is 1. The van der Waals surface area contributed by atoms with E-state index in [1.54, 1.807) is 12.1 Å². The molecular formula is C36H37Cl2FN6O4. The van der Waals surface area contributed by atoms with Gasteiger partial charge < -0.3 is 29.6 Å². The average Bonchev–Trinajstić information content (AvgIpc) is 3.64. The molecule has 256 valence electrons. The molecule has 2 aliphatic heterocycles. The summed E-state index contributed by atoms with van der Waals surface area (Å²) in [5.74, 6) is -0.773. The van der Waals surface area contributed by atoms with Crippen LogP contribution in [0.3, 0.4) is 0 Å². The number of benzene rings is 3. The minimum atomic E-state index is -0.678. The van der Waals surface area contributed by atoms with Crippen molar-refractivity contribution in [3.05, 3.63) is 92.2 Å². The van der Waals surface area contributed by atoms with Crippen molar-refractivity contribution in [1.82, 2.24) is 24.7 Å². The number of ether oxygens (including phenoxy) is 2. The zero-order valence-corrected chi connectivity index (χ0v) is 29.1. The quantitative estimate of drug-likeness (QED) is 0.240. The number of hydrogen-bond donors (Lipinski definition) is 2. The van der Waals surface area contributed by atoms with Gasteiger partial charge in [0.15, 0.2) is 17.3 Å². The second kappa shape index (κ2) is 13.6. The second-order valence-corrected chi connectivity index (χ2v) is 13.6. The van der Waals surface area contributed by atoms with E-state index in [2.05, 4.69) is 20.5 Å². The van der Waals surface area contributed by atoms with Gasteiger partial charge >= 0.3 is 0 Å². The van der Waals surface area contributed by atoms with Crippen LogP contribution < -0.4 is 20.1 Å². The molecule has 13 heteroatoms. The standard InChI is InChI=1S/C36H37Cl2FN6O4/c1-43-14-12-28-27(18-43)41-35(44(28)2)36(47)42-26-9-5-8-24(31(26)38)21-6-4-7-23-22(21)10-11-29(23)49-34-25(37)16-20(33(48-3)32(34)39)17-45-15-13-40-30(46)19-45/h4-9,16,29H,10-15,17-19H2,1-3H3,(H,40,46)(H,42,47). The number of amides is 2. The Kier molecular flexibility index (Phi) is 9.27. The third kappa shape index (κ3) is 6.36. The SMILES string of the molecule is COc1c(CN2CCNC(=O)C2)cc(Cl)c(OC2CCc3c(-c4cccc(NC(=O)c5nc6c(n5C)CCN(C)C6)c4Cl)cccc32)c1F. The van der Waals surface area contributed by atoms with Crippen molar-refractivity contribution in [2.45, 2.75) is 38.5 Å². The van der Waals surface area contributed by atoms with Crippen LogP contribution in [0.1, 0.15) is 51.2 Å². The summed E-state index contributed by atoms with van der Waals surface area (Å²) in [6.45, 7) is 3.30. The van der Waals surface area contributed by atoms with Crippen molar-refractivity contribution in [2.24, 2.45) is 7.05 Å². The highest BCUT2D eigenvalue weighted by molar-refractivity contribution is 6.36. The molecular weight excluding hydrogens is 670 g/mol. The van der Waals surface area contributed by atoms with Crippen molar-refractivity contribution in [1.29, 1.82) is 0 Å². The normalized spacial score (nSPS) is 17.8. The molecule has 3 heterocycles. The first kappa shape index (κ1) is 33.3. The molecule has 1 aromatic heterocycles. The molecule has 7 rings (SSSR count). The van der Waals surface area contributed by atoms with Gasteiger partial charge in [-0.1, -0.05) is 53.5 Å². The van der Waals surface area contributed by atoms with E-state index >= 15 is 4.39 Å². The number of likely N-dealkylation sites (N-methyl/N-ethyl adjacent to an activating group) is 1. The third-order valence-corrected chi connectivity index (χ3v) is 10.3. The lowest BCUT2D eigenvalue weighted by Gasteiger charge is -2.27. The molecule has 0 bridgehead atoms. The number of fused-ring (bicyclic) bond motifs is 2. The fraction of sp³-hybridized carbons (Fsp3) is 0.361. The Morgan fingerprint density at radius 1 is 1.08 bits per heavy atom. The lowest BCUT2D eigenvalue weighted by atomic mass is 9.96. The summed E-state index contributed by atoms with van der Waals surface area (Å²) in [6, 6.07) is 13.1. The van der Waals surface area contributed by atoms with Crippen molar-refractivity contribution < 1.29 is 23.5 Å². The van der Waals surface area contributed by atoms with Crippen LogP contribution in [-0.2, 0) is 37.8 Å². The Balaban J connectivity index is 1.13. The summed E-state index contributed by atoms with van der Waals surface area (Å²) in [7, 11) is 5.32. The van der Waals surface area contributed by atoms with Gasteiger partial charge in [0.2, 0.25) is 11.7 Å². The molecule has 49 heavy (non-hydrogen) atoms. The van der Waals surface area contributed by atoms with Crippen LogP contribution >= 0.6 is 23.2 Å². The smallest absolute Gasteiger partial charge is 0.291 e. The number of anilines is 1. The lowest BCUT2D eigenvalue weighted by Crippen LogP contribution is -2.47. The predicted octanol–water partition coefficient (Wildman–Crippen LogP) is 5.78. The molecule has 0 saturated carbocycles. The highest BCUT2D eigenvalue weighted by atomic mass is 35.5. The molecule has 2 N–H and O–H groups in total. The van der Waals surface area contributed by atoms with Gasteiger partial charge in [-0.15, -0.1) is 0 Å². The van der Waals surface area contributed by atoms with Crippen LogP contribution in [-0.4, -0.2) is 71.5 Å². The molecule has 0 radical (unpaired) electrons. The Morgan fingerprint density at radius 2 is 1.88 bits per heavy atom. The molecule has 1 aliphatic carbocycles. The molecule has 1 saturated heterocycles. The third-order valence-electron chi connectivity index (χ3n) is 9.59. The molecule has 3 aromatic carbocycles. The molecule has 1 fully saturated rings. The van der Waals surface area contributed by atoms with Gasteiger partial charge in [0.05, 0.1) is 35.1 Å². The van der Waals surface area contributed by atoms with Crippen LogP contribution in [0.2, 0.25) is 10.0 Å². The Hall–Kier alpha value is -4.16.